The van der Waals surface area contributed by atoms with E-state index >= 15 is 0 Å². The molecule has 2 aromatic heterocycles. The first-order chi connectivity index (χ1) is 14.3. The fraction of sp³-hybridized carbons (Fsp3) is 0.263. The highest BCUT2D eigenvalue weighted by Crippen LogP contribution is 2.33. The lowest BCUT2D eigenvalue weighted by Crippen LogP contribution is -2.49. The molecule has 3 aromatic rings. The number of benzene rings is 1. The molecule has 30 heavy (non-hydrogen) atoms. The lowest BCUT2D eigenvalue weighted by Gasteiger charge is -2.35. The number of hydrogen-bond donors (Lipinski definition) is 1. The second-order valence-corrected chi connectivity index (χ2v) is 7.16. The normalized spacial score (nSPS) is 14.9. The third-order valence-corrected chi connectivity index (χ3v) is 5.19. The molecule has 1 fully saturated rings. The van der Waals surface area contributed by atoms with E-state index in [1.807, 2.05) is 0 Å². The average molecular weight is 438 g/mol. The molecular weight excluding hydrogens is 423 g/mol. The van der Waals surface area contributed by atoms with Crippen molar-refractivity contribution in [1.29, 1.82) is 0 Å². The number of alkyl halides is 3. The highest BCUT2D eigenvalue weighted by Gasteiger charge is 2.32. The van der Waals surface area contributed by atoms with Crippen molar-refractivity contribution in [3.05, 3.63) is 63.2 Å². The number of fused-ring (bicyclic) bond motifs is 1. The van der Waals surface area contributed by atoms with E-state index in [9.17, 15) is 22.8 Å². The van der Waals surface area contributed by atoms with E-state index in [1.54, 1.807) is 34.1 Å². The molecule has 1 aromatic carbocycles. The van der Waals surface area contributed by atoms with Crippen LogP contribution in [-0.2, 0) is 6.18 Å². The SMILES string of the molecule is O=C(c1n[nH]c(=O)c2ccccc12)N1CCN(c2ncc(C(F)(F)F)cc2Cl)CC1. The number of nitrogens with zero attached hydrogens (tertiary/aromatic N) is 4. The fourth-order valence-corrected chi connectivity index (χ4v) is 3.65. The van der Waals surface area contributed by atoms with Crippen molar-refractivity contribution in [1.82, 2.24) is 20.1 Å². The van der Waals surface area contributed by atoms with Gasteiger partial charge >= 0.3 is 6.18 Å². The van der Waals surface area contributed by atoms with Crippen molar-refractivity contribution in [3.63, 3.8) is 0 Å². The quantitative estimate of drug-likeness (QED) is 0.666. The molecule has 156 valence electrons. The molecule has 1 aliphatic heterocycles. The van der Waals surface area contributed by atoms with Gasteiger partial charge in [-0.05, 0) is 12.1 Å². The molecule has 4 rings (SSSR count). The smallest absolute Gasteiger partial charge is 0.352 e. The van der Waals surface area contributed by atoms with E-state index in [-0.39, 0.29) is 28.0 Å². The predicted octanol–water partition coefficient (Wildman–Crippen LogP) is 2.95. The van der Waals surface area contributed by atoms with Crippen LogP contribution >= 0.6 is 11.6 Å². The Bertz CT molecular complexity index is 1170. The van der Waals surface area contributed by atoms with Gasteiger partial charge in [-0.15, -0.1) is 0 Å². The first-order valence-electron chi connectivity index (χ1n) is 9.00. The number of H-pyrrole nitrogens is 1. The van der Waals surface area contributed by atoms with E-state index < -0.39 is 11.7 Å². The van der Waals surface area contributed by atoms with Gasteiger partial charge in [-0.3, -0.25) is 9.59 Å². The lowest BCUT2D eigenvalue weighted by atomic mass is 10.1. The molecule has 0 aliphatic carbocycles. The van der Waals surface area contributed by atoms with Gasteiger partial charge in [-0.2, -0.15) is 18.3 Å². The Kier molecular flexibility index (Phi) is 5.10. The van der Waals surface area contributed by atoms with Crippen molar-refractivity contribution in [3.8, 4) is 0 Å². The molecule has 1 saturated heterocycles. The summed E-state index contributed by atoms with van der Waals surface area (Å²) in [6.45, 7) is 1.27. The van der Waals surface area contributed by atoms with Crippen molar-refractivity contribution >= 4 is 34.1 Å². The maximum absolute atomic E-state index is 12.9. The molecule has 0 saturated carbocycles. The number of rotatable bonds is 2. The maximum atomic E-state index is 12.9. The number of aromatic amines is 1. The molecule has 0 radical (unpaired) electrons. The highest BCUT2D eigenvalue weighted by atomic mass is 35.5. The Morgan fingerprint density at radius 1 is 1.10 bits per heavy atom. The van der Waals surface area contributed by atoms with Crippen LogP contribution in [0.2, 0.25) is 5.02 Å². The minimum atomic E-state index is -4.52. The molecule has 3 heterocycles. The van der Waals surface area contributed by atoms with Crippen molar-refractivity contribution < 1.29 is 18.0 Å². The van der Waals surface area contributed by atoms with Crippen molar-refractivity contribution in [2.24, 2.45) is 0 Å². The van der Waals surface area contributed by atoms with Crippen LogP contribution in [0.3, 0.4) is 0 Å². The Hall–Kier alpha value is -3.14. The Morgan fingerprint density at radius 2 is 1.77 bits per heavy atom. The van der Waals surface area contributed by atoms with Gasteiger partial charge in [0.15, 0.2) is 5.69 Å². The number of hydrogen-bond acceptors (Lipinski definition) is 5. The van der Waals surface area contributed by atoms with Gasteiger partial charge in [0.1, 0.15) is 5.82 Å². The van der Waals surface area contributed by atoms with E-state index in [0.29, 0.717) is 37.0 Å². The predicted molar refractivity (Wildman–Crippen MR) is 105 cm³/mol. The van der Waals surface area contributed by atoms with Crippen LogP contribution < -0.4 is 10.5 Å². The summed E-state index contributed by atoms with van der Waals surface area (Å²) >= 11 is 6.02. The van der Waals surface area contributed by atoms with Gasteiger partial charge in [0.05, 0.1) is 16.0 Å². The highest BCUT2D eigenvalue weighted by molar-refractivity contribution is 6.33. The Labute approximate surface area is 173 Å². The first-order valence-corrected chi connectivity index (χ1v) is 9.38. The summed E-state index contributed by atoms with van der Waals surface area (Å²) in [4.78, 5) is 32.0. The van der Waals surface area contributed by atoms with Crippen LogP contribution in [0.1, 0.15) is 16.1 Å². The second kappa shape index (κ2) is 7.60. The zero-order valence-corrected chi connectivity index (χ0v) is 16.2. The molecule has 1 amide bonds. The van der Waals surface area contributed by atoms with E-state index in [4.69, 9.17) is 11.6 Å². The summed E-state index contributed by atoms with van der Waals surface area (Å²) in [6, 6.07) is 7.54. The summed E-state index contributed by atoms with van der Waals surface area (Å²) in [7, 11) is 0. The molecule has 0 spiro atoms. The third kappa shape index (κ3) is 3.70. The summed E-state index contributed by atoms with van der Waals surface area (Å²) in [5.41, 5.74) is -1.15. The van der Waals surface area contributed by atoms with Gasteiger partial charge in [-0.1, -0.05) is 29.8 Å². The molecule has 11 heteroatoms. The van der Waals surface area contributed by atoms with Crippen LogP contribution in [0.4, 0.5) is 19.0 Å². The summed E-state index contributed by atoms with van der Waals surface area (Å²) in [5, 5.41) is 6.99. The second-order valence-electron chi connectivity index (χ2n) is 6.75. The van der Waals surface area contributed by atoms with Crippen LogP contribution in [0.15, 0.2) is 41.3 Å². The Morgan fingerprint density at radius 3 is 2.40 bits per heavy atom. The van der Waals surface area contributed by atoms with E-state index in [2.05, 4.69) is 15.2 Å². The number of carbonyl (C=O) groups is 1. The number of anilines is 1. The van der Waals surface area contributed by atoms with Crippen molar-refractivity contribution in [2.75, 3.05) is 31.1 Å². The van der Waals surface area contributed by atoms with Crippen LogP contribution in [0.25, 0.3) is 10.8 Å². The van der Waals surface area contributed by atoms with Crippen LogP contribution in [0, 0.1) is 0 Å². The number of piperazine rings is 1. The number of nitrogens with one attached hydrogen (secondary N) is 1. The number of pyridine rings is 1. The number of amides is 1. The molecule has 7 nitrogen and oxygen atoms in total. The standard InChI is InChI=1S/C19H15ClF3N5O2/c20-14-9-11(19(21,22)23)10-24-16(14)27-5-7-28(8-6-27)18(30)15-12-3-1-2-4-13(12)17(29)26-25-15/h1-4,9-10H,5-8H2,(H,26,29). The fourth-order valence-electron chi connectivity index (χ4n) is 3.37. The van der Waals surface area contributed by atoms with Crippen LogP contribution in [-0.4, -0.2) is 52.2 Å². The summed E-state index contributed by atoms with van der Waals surface area (Å²) in [6.07, 6.45) is -3.78. The minimum absolute atomic E-state index is 0.0992. The van der Waals surface area contributed by atoms with E-state index in [0.717, 1.165) is 12.3 Å². The summed E-state index contributed by atoms with van der Waals surface area (Å²) in [5.74, 6) is -0.0991. The largest absolute Gasteiger partial charge is 0.417 e. The average Bonchev–Trinajstić information content (AvgIpc) is 2.73. The summed E-state index contributed by atoms with van der Waals surface area (Å²) < 4.78 is 38.4. The zero-order valence-electron chi connectivity index (χ0n) is 15.4. The van der Waals surface area contributed by atoms with Crippen molar-refractivity contribution in [2.45, 2.75) is 6.18 Å². The van der Waals surface area contributed by atoms with Gasteiger partial charge in [0.2, 0.25) is 0 Å². The molecule has 0 atom stereocenters. The molecule has 1 aliphatic rings. The maximum Gasteiger partial charge on any atom is 0.417 e. The first kappa shape index (κ1) is 20.1. The molecule has 1 N–H and O–H groups in total. The number of carbonyl (C=O) groups excluding carboxylic acids is 1. The zero-order chi connectivity index (χ0) is 21.5. The third-order valence-electron chi connectivity index (χ3n) is 4.91. The molecule has 0 unspecified atom stereocenters. The monoisotopic (exact) mass is 437 g/mol. The molecule has 0 bridgehead atoms. The lowest BCUT2D eigenvalue weighted by molar-refractivity contribution is -0.137. The number of halogens is 4. The Balaban J connectivity index is 1.51. The van der Waals surface area contributed by atoms with E-state index in [1.165, 1.54) is 0 Å². The van der Waals surface area contributed by atoms with Gasteiger partial charge in [0, 0.05) is 37.8 Å². The van der Waals surface area contributed by atoms with Gasteiger partial charge in [-0.25, -0.2) is 10.1 Å². The van der Waals surface area contributed by atoms with Crippen LogP contribution in [0.5, 0.6) is 0 Å². The molecular formula is C19H15ClF3N5O2. The number of aromatic nitrogens is 3. The van der Waals surface area contributed by atoms with Gasteiger partial charge in [0.25, 0.3) is 11.5 Å². The van der Waals surface area contributed by atoms with Gasteiger partial charge < -0.3 is 9.80 Å². The minimum Gasteiger partial charge on any atom is -0.352 e. The topological polar surface area (TPSA) is 82.2 Å².